The van der Waals surface area contributed by atoms with Crippen molar-refractivity contribution in [3.05, 3.63) is 29.7 Å². The van der Waals surface area contributed by atoms with E-state index in [2.05, 4.69) is 23.9 Å². The molecule has 4 heteroatoms. The van der Waals surface area contributed by atoms with E-state index in [9.17, 15) is 0 Å². The standard InChI is InChI=1S/C12H16N4/c1-4-16-9(3)11(7-15-16)10-6-14-12(13)5-8(10)2/h5-7H,4H2,1-3H3,(H2,13,14). The van der Waals surface area contributed by atoms with Gasteiger partial charge in [-0.1, -0.05) is 0 Å². The van der Waals surface area contributed by atoms with Crippen LogP contribution in [0.2, 0.25) is 0 Å². The number of nitrogens with zero attached hydrogens (tertiary/aromatic N) is 3. The quantitative estimate of drug-likeness (QED) is 0.837. The van der Waals surface area contributed by atoms with Gasteiger partial charge in [0.1, 0.15) is 5.82 Å². The van der Waals surface area contributed by atoms with Crippen LogP contribution in [-0.4, -0.2) is 14.8 Å². The van der Waals surface area contributed by atoms with Gasteiger partial charge in [-0.2, -0.15) is 5.10 Å². The van der Waals surface area contributed by atoms with E-state index in [1.54, 1.807) is 0 Å². The molecule has 4 nitrogen and oxygen atoms in total. The number of pyridine rings is 1. The number of aromatic nitrogens is 3. The molecule has 0 aliphatic heterocycles. The fraction of sp³-hybridized carbons (Fsp3) is 0.333. The van der Waals surface area contributed by atoms with Crippen LogP contribution in [0.5, 0.6) is 0 Å². The van der Waals surface area contributed by atoms with E-state index in [0.29, 0.717) is 5.82 Å². The Balaban J connectivity index is 2.54. The maximum absolute atomic E-state index is 5.64. The van der Waals surface area contributed by atoms with E-state index in [1.807, 2.05) is 30.1 Å². The van der Waals surface area contributed by atoms with E-state index >= 15 is 0 Å². The molecule has 2 N–H and O–H groups in total. The first-order valence-electron chi connectivity index (χ1n) is 5.38. The molecule has 0 aliphatic rings. The van der Waals surface area contributed by atoms with Crippen molar-refractivity contribution in [2.24, 2.45) is 0 Å². The summed E-state index contributed by atoms with van der Waals surface area (Å²) in [6.45, 7) is 7.07. The monoisotopic (exact) mass is 216 g/mol. The van der Waals surface area contributed by atoms with Crippen LogP contribution in [0.25, 0.3) is 11.1 Å². The zero-order valence-corrected chi connectivity index (χ0v) is 9.86. The smallest absolute Gasteiger partial charge is 0.123 e. The highest BCUT2D eigenvalue weighted by Crippen LogP contribution is 2.26. The Bertz CT molecular complexity index is 514. The molecule has 0 spiro atoms. The van der Waals surface area contributed by atoms with Gasteiger partial charge in [0, 0.05) is 29.6 Å². The molecule has 0 amide bonds. The normalized spacial score (nSPS) is 10.7. The molecule has 0 bridgehead atoms. The number of hydrogen-bond donors (Lipinski definition) is 1. The first-order valence-corrected chi connectivity index (χ1v) is 5.38. The molecule has 0 aromatic carbocycles. The lowest BCUT2D eigenvalue weighted by molar-refractivity contribution is 0.640. The minimum Gasteiger partial charge on any atom is -0.384 e. The largest absolute Gasteiger partial charge is 0.384 e. The predicted molar refractivity (Wildman–Crippen MR) is 65.0 cm³/mol. The van der Waals surface area contributed by atoms with Gasteiger partial charge in [0.2, 0.25) is 0 Å². The Morgan fingerprint density at radius 1 is 1.25 bits per heavy atom. The molecule has 2 aromatic heterocycles. The Labute approximate surface area is 95.1 Å². The van der Waals surface area contributed by atoms with E-state index < -0.39 is 0 Å². The first-order chi connectivity index (χ1) is 7.63. The summed E-state index contributed by atoms with van der Waals surface area (Å²) in [6.07, 6.45) is 3.70. The Kier molecular flexibility index (Phi) is 2.64. The summed E-state index contributed by atoms with van der Waals surface area (Å²) in [4.78, 5) is 4.13. The number of nitrogen functional groups attached to an aromatic ring is 1. The highest BCUT2D eigenvalue weighted by Gasteiger charge is 2.10. The molecule has 0 unspecified atom stereocenters. The van der Waals surface area contributed by atoms with Gasteiger partial charge in [-0.25, -0.2) is 4.98 Å². The minimum atomic E-state index is 0.557. The molecule has 2 aromatic rings. The highest BCUT2D eigenvalue weighted by molar-refractivity contribution is 5.68. The second kappa shape index (κ2) is 3.96. The van der Waals surface area contributed by atoms with Crippen LogP contribution in [0.4, 0.5) is 5.82 Å². The summed E-state index contributed by atoms with van der Waals surface area (Å²) < 4.78 is 1.98. The van der Waals surface area contributed by atoms with Crippen LogP contribution in [0.3, 0.4) is 0 Å². The number of rotatable bonds is 2. The van der Waals surface area contributed by atoms with Crippen molar-refractivity contribution >= 4 is 5.82 Å². The summed E-state index contributed by atoms with van der Waals surface area (Å²) in [5.41, 5.74) is 10.2. The van der Waals surface area contributed by atoms with Gasteiger partial charge in [0.25, 0.3) is 0 Å². The summed E-state index contributed by atoms with van der Waals surface area (Å²) in [7, 11) is 0. The zero-order chi connectivity index (χ0) is 11.7. The Morgan fingerprint density at radius 3 is 2.56 bits per heavy atom. The number of aryl methyl sites for hydroxylation is 2. The van der Waals surface area contributed by atoms with Crippen LogP contribution in [0, 0.1) is 13.8 Å². The lowest BCUT2D eigenvalue weighted by Gasteiger charge is -2.06. The van der Waals surface area contributed by atoms with Crippen molar-refractivity contribution in [2.75, 3.05) is 5.73 Å². The van der Waals surface area contributed by atoms with E-state index in [4.69, 9.17) is 5.73 Å². The van der Waals surface area contributed by atoms with Crippen LogP contribution in [0.15, 0.2) is 18.5 Å². The second-order valence-corrected chi connectivity index (χ2v) is 3.88. The van der Waals surface area contributed by atoms with Crippen molar-refractivity contribution in [3.63, 3.8) is 0 Å². The number of hydrogen-bond acceptors (Lipinski definition) is 3. The second-order valence-electron chi connectivity index (χ2n) is 3.88. The van der Waals surface area contributed by atoms with Crippen molar-refractivity contribution in [3.8, 4) is 11.1 Å². The molecular formula is C12H16N4. The summed E-state index contributed by atoms with van der Waals surface area (Å²) in [6, 6.07) is 1.89. The highest BCUT2D eigenvalue weighted by atomic mass is 15.3. The molecular weight excluding hydrogens is 200 g/mol. The fourth-order valence-corrected chi connectivity index (χ4v) is 1.89. The lowest BCUT2D eigenvalue weighted by atomic mass is 10.0. The van der Waals surface area contributed by atoms with Crippen LogP contribution in [-0.2, 0) is 6.54 Å². The molecule has 0 atom stereocenters. The van der Waals surface area contributed by atoms with Gasteiger partial charge in [-0.3, -0.25) is 4.68 Å². The SMILES string of the molecule is CCn1ncc(-c2cnc(N)cc2C)c1C. The molecule has 0 radical (unpaired) electrons. The van der Waals surface area contributed by atoms with Gasteiger partial charge in [-0.05, 0) is 32.4 Å². The molecule has 16 heavy (non-hydrogen) atoms. The molecule has 0 fully saturated rings. The van der Waals surface area contributed by atoms with Crippen LogP contribution >= 0.6 is 0 Å². The van der Waals surface area contributed by atoms with E-state index in [1.165, 1.54) is 0 Å². The van der Waals surface area contributed by atoms with Gasteiger partial charge < -0.3 is 5.73 Å². The van der Waals surface area contributed by atoms with Crippen molar-refractivity contribution in [1.29, 1.82) is 0 Å². The molecule has 0 aliphatic carbocycles. The Hall–Kier alpha value is -1.84. The Morgan fingerprint density at radius 2 is 2.00 bits per heavy atom. The average Bonchev–Trinajstić information content (AvgIpc) is 2.60. The molecule has 0 saturated carbocycles. The average molecular weight is 216 g/mol. The number of nitrogens with two attached hydrogens (primary N) is 1. The molecule has 2 rings (SSSR count). The van der Waals surface area contributed by atoms with Gasteiger partial charge in [0.15, 0.2) is 0 Å². The van der Waals surface area contributed by atoms with Crippen molar-refractivity contribution < 1.29 is 0 Å². The lowest BCUT2D eigenvalue weighted by Crippen LogP contribution is -1.99. The van der Waals surface area contributed by atoms with Crippen molar-refractivity contribution in [1.82, 2.24) is 14.8 Å². The summed E-state index contributed by atoms with van der Waals surface area (Å²) in [5.74, 6) is 0.557. The minimum absolute atomic E-state index is 0.557. The third-order valence-electron chi connectivity index (χ3n) is 2.82. The maximum atomic E-state index is 5.64. The van der Waals surface area contributed by atoms with E-state index in [-0.39, 0.29) is 0 Å². The zero-order valence-electron chi connectivity index (χ0n) is 9.86. The van der Waals surface area contributed by atoms with Crippen LogP contribution < -0.4 is 5.73 Å². The first kappa shape index (κ1) is 10.7. The van der Waals surface area contributed by atoms with Crippen LogP contribution in [0.1, 0.15) is 18.2 Å². The predicted octanol–water partition coefficient (Wildman–Crippen LogP) is 2.16. The molecule has 2 heterocycles. The molecule has 0 saturated heterocycles. The van der Waals surface area contributed by atoms with Crippen molar-refractivity contribution in [2.45, 2.75) is 27.3 Å². The fourth-order valence-electron chi connectivity index (χ4n) is 1.89. The maximum Gasteiger partial charge on any atom is 0.123 e. The van der Waals surface area contributed by atoms with Gasteiger partial charge in [-0.15, -0.1) is 0 Å². The van der Waals surface area contributed by atoms with Gasteiger partial charge in [0.05, 0.1) is 6.20 Å². The topological polar surface area (TPSA) is 56.7 Å². The summed E-state index contributed by atoms with van der Waals surface area (Å²) in [5, 5.41) is 4.33. The third kappa shape index (κ3) is 1.66. The van der Waals surface area contributed by atoms with E-state index in [0.717, 1.165) is 28.9 Å². The third-order valence-corrected chi connectivity index (χ3v) is 2.82. The number of anilines is 1. The molecule has 84 valence electrons. The summed E-state index contributed by atoms with van der Waals surface area (Å²) >= 11 is 0. The van der Waals surface area contributed by atoms with Gasteiger partial charge >= 0.3 is 0 Å².